The molecule has 0 fully saturated rings. The SMILES string of the molecule is CCCC(Cc1ccc([N+](=O)[O-])c2ncccc12)NC. The maximum absolute atomic E-state index is 11.1. The summed E-state index contributed by atoms with van der Waals surface area (Å²) < 4.78 is 0. The summed E-state index contributed by atoms with van der Waals surface area (Å²) >= 11 is 0. The first-order valence-corrected chi connectivity index (χ1v) is 6.85. The van der Waals surface area contributed by atoms with Crippen LogP contribution in [0.1, 0.15) is 25.3 Å². The van der Waals surface area contributed by atoms with Crippen LogP contribution in [-0.2, 0) is 6.42 Å². The van der Waals surface area contributed by atoms with Crippen molar-refractivity contribution in [1.82, 2.24) is 10.3 Å². The van der Waals surface area contributed by atoms with Crippen LogP contribution in [-0.4, -0.2) is 23.0 Å². The van der Waals surface area contributed by atoms with Crippen molar-refractivity contribution in [3.8, 4) is 0 Å². The van der Waals surface area contributed by atoms with Crippen LogP contribution in [0.2, 0.25) is 0 Å². The smallest absolute Gasteiger partial charge is 0.295 e. The van der Waals surface area contributed by atoms with Crippen LogP contribution in [0.3, 0.4) is 0 Å². The fraction of sp³-hybridized carbons (Fsp3) is 0.400. The number of nitrogens with one attached hydrogen (secondary N) is 1. The van der Waals surface area contributed by atoms with Gasteiger partial charge in [-0.05, 0) is 31.5 Å². The highest BCUT2D eigenvalue weighted by Gasteiger charge is 2.16. The van der Waals surface area contributed by atoms with Gasteiger partial charge in [-0.1, -0.05) is 25.5 Å². The monoisotopic (exact) mass is 273 g/mol. The fourth-order valence-electron chi connectivity index (χ4n) is 2.50. The van der Waals surface area contributed by atoms with Crippen LogP contribution in [0.4, 0.5) is 5.69 Å². The average Bonchev–Trinajstić information content (AvgIpc) is 2.46. The Morgan fingerprint density at radius 3 is 2.85 bits per heavy atom. The summed E-state index contributed by atoms with van der Waals surface area (Å²) in [7, 11) is 1.95. The third-order valence-electron chi connectivity index (χ3n) is 3.55. The molecule has 1 unspecified atom stereocenters. The van der Waals surface area contributed by atoms with Crippen molar-refractivity contribution >= 4 is 16.6 Å². The van der Waals surface area contributed by atoms with E-state index in [-0.39, 0.29) is 10.6 Å². The van der Waals surface area contributed by atoms with Gasteiger partial charge in [0, 0.05) is 23.7 Å². The molecule has 2 aromatic rings. The molecule has 2 rings (SSSR count). The molecule has 1 heterocycles. The van der Waals surface area contributed by atoms with Crippen molar-refractivity contribution in [1.29, 1.82) is 0 Å². The third-order valence-corrected chi connectivity index (χ3v) is 3.55. The summed E-state index contributed by atoms with van der Waals surface area (Å²) in [6.45, 7) is 2.15. The number of pyridine rings is 1. The second kappa shape index (κ2) is 6.43. The number of hydrogen-bond acceptors (Lipinski definition) is 4. The molecule has 106 valence electrons. The lowest BCUT2D eigenvalue weighted by atomic mass is 9.98. The second-order valence-corrected chi connectivity index (χ2v) is 4.88. The maximum Gasteiger partial charge on any atom is 0.295 e. The van der Waals surface area contributed by atoms with Crippen LogP contribution in [0.25, 0.3) is 10.9 Å². The minimum atomic E-state index is -0.374. The number of likely N-dealkylation sites (N-methyl/N-ethyl adjacent to an activating group) is 1. The molecule has 0 amide bonds. The first kappa shape index (κ1) is 14.4. The van der Waals surface area contributed by atoms with Crippen molar-refractivity contribution in [2.45, 2.75) is 32.2 Å². The molecule has 0 saturated heterocycles. The van der Waals surface area contributed by atoms with Gasteiger partial charge in [-0.2, -0.15) is 0 Å². The zero-order chi connectivity index (χ0) is 14.5. The summed E-state index contributed by atoms with van der Waals surface area (Å²) in [6, 6.07) is 7.52. The molecule has 1 aromatic carbocycles. The van der Waals surface area contributed by atoms with Crippen molar-refractivity contribution in [3.63, 3.8) is 0 Å². The molecule has 0 aliphatic heterocycles. The molecule has 20 heavy (non-hydrogen) atoms. The second-order valence-electron chi connectivity index (χ2n) is 4.88. The standard InChI is InChI=1S/C15H19N3O2/c1-3-5-12(16-2)10-11-7-8-14(18(19)20)15-13(11)6-4-9-17-15/h4,6-9,12,16H,3,5,10H2,1-2H3. The molecule has 0 aliphatic carbocycles. The minimum Gasteiger partial charge on any atom is -0.317 e. The van der Waals surface area contributed by atoms with Gasteiger partial charge < -0.3 is 5.32 Å². The van der Waals surface area contributed by atoms with E-state index in [1.807, 2.05) is 25.2 Å². The Hall–Kier alpha value is -2.01. The molecule has 0 aliphatic rings. The molecule has 1 aromatic heterocycles. The number of fused-ring (bicyclic) bond motifs is 1. The first-order valence-electron chi connectivity index (χ1n) is 6.85. The Morgan fingerprint density at radius 1 is 1.40 bits per heavy atom. The van der Waals surface area contributed by atoms with Gasteiger partial charge in [0.25, 0.3) is 5.69 Å². The van der Waals surface area contributed by atoms with E-state index in [0.717, 1.165) is 30.2 Å². The van der Waals surface area contributed by atoms with E-state index in [1.54, 1.807) is 12.3 Å². The predicted octanol–water partition coefficient (Wildman–Crippen LogP) is 3.07. The van der Waals surface area contributed by atoms with Gasteiger partial charge in [-0.25, -0.2) is 4.98 Å². The predicted molar refractivity (Wildman–Crippen MR) is 79.9 cm³/mol. The normalized spacial score (nSPS) is 12.5. The van der Waals surface area contributed by atoms with E-state index in [9.17, 15) is 10.1 Å². The average molecular weight is 273 g/mol. The number of aromatic nitrogens is 1. The number of non-ortho nitro benzene ring substituents is 1. The van der Waals surface area contributed by atoms with Crippen LogP contribution >= 0.6 is 0 Å². The lowest BCUT2D eigenvalue weighted by molar-refractivity contribution is -0.383. The van der Waals surface area contributed by atoms with Crippen molar-refractivity contribution in [3.05, 3.63) is 46.1 Å². The highest BCUT2D eigenvalue weighted by Crippen LogP contribution is 2.27. The van der Waals surface area contributed by atoms with Gasteiger partial charge in [0.15, 0.2) is 0 Å². The molecule has 0 bridgehead atoms. The molecule has 5 nitrogen and oxygen atoms in total. The van der Waals surface area contributed by atoms with Crippen LogP contribution in [0.5, 0.6) is 0 Å². The van der Waals surface area contributed by atoms with E-state index in [1.165, 1.54) is 0 Å². The van der Waals surface area contributed by atoms with E-state index in [0.29, 0.717) is 11.6 Å². The lowest BCUT2D eigenvalue weighted by Crippen LogP contribution is -2.27. The number of nitro benzene ring substituents is 1. The molecular formula is C15H19N3O2. The molecule has 1 N–H and O–H groups in total. The number of hydrogen-bond donors (Lipinski definition) is 1. The molecule has 5 heteroatoms. The van der Waals surface area contributed by atoms with Gasteiger partial charge in [0.1, 0.15) is 5.52 Å². The summed E-state index contributed by atoms with van der Waals surface area (Å²) in [5.41, 5.74) is 1.65. The Labute approximate surface area is 118 Å². The van der Waals surface area contributed by atoms with Gasteiger partial charge in [-0.3, -0.25) is 10.1 Å². The summed E-state index contributed by atoms with van der Waals surface area (Å²) in [5.74, 6) is 0. The number of nitro groups is 1. The highest BCUT2D eigenvalue weighted by atomic mass is 16.6. The summed E-state index contributed by atoms with van der Waals surface area (Å²) in [6.07, 6.45) is 4.63. The quantitative estimate of drug-likeness (QED) is 0.648. The van der Waals surface area contributed by atoms with E-state index >= 15 is 0 Å². The molecule has 0 spiro atoms. The van der Waals surface area contributed by atoms with Crippen LogP contribution < -0.4 is 5.32 Å². The van der Waals surface area contributed by atoms with E-state index < -0.39 is 0 Å². The first-order chi connectivity index (χ1) is 9.67. The maximum atomic E-state index is 11.1. The summed E-state index contributed by atoms with van der Waals surface area (Å²) in [5, 5.41) is 15.2. The number of nitrogens with zero attached hydrogens (tertiary/aromatic N) is 2. The fourth-order valence-corrected chi connectivity index (χ4v) is 2.50. The number of benzene rings is 1. The third kappa shape index (κ3) is 2.93. The Kier molecular flexibility index (Phi) is 4.63. The Morgan fingerprint density at radius 2 is 2.20 bits per heavy atom. The Balaban J connectivity index is 2.45. The van der Waals surface area contributed by atoms with Crippen molar-refractivity contribution in [2.24, 2.45) is 0 Å². The molecule has 0 saturated carbocycles. The van der Waals surface area contributed by atoms with Gasteiger partial charge in [0.2, 0.25) is 0 Å². The van der Waals surface area contributed by atoms with E-state index in [2.05, 4.69) is 17.2 Å². The minimum absolute atomic E-state index is 0.0702. The Bertz CT molecular complexity index is 613. The van der Waals surface area contributed by atoms with Crippen LogP contribution in [0, 0.1) is 10.1 Å². The van der Waals surface area contributed by atoms with Gasteiger partial charge in [0.05, 0.1) is 4.92 Å². The zero-order valence-electron chi connectivity index (χ0n) is 11.8. The molecule has 0 radical (unpaired) electrons. The van der Waals surface area contributed by atoms with Gasteiger partial charge in [-0.15, -0.1) is 0 Å². The topological polar surface area (TPSA) is 68.1 Å². The highest BCUT2D eigenvalue weighted by molar-refractivity contribution is 5.89. The molecular weight excluding hydrogens is 254 g/mol. The van der Waals surface area contributed by atoms with E-state index in [4.69, 9.17) is 0 Å². The number of rotatable bonds is 6. The van der Waals surface area contributed by atoms with Gasteiger partial charge >= 0.3 is 0 Å². The molecule has 1 atom stereocenters. The van der Waals surface area contributed by atoms with Crippen LogP contribution in [0.15, 0.2) is 30.5 Å². The van der Waals surface area contributed by atoms with Crippen molar-refractivity contribution in [2.75, 3.05) is 7.05 Å². The van der Waals surface area contributed by atoms with Crippen molar-refractivity contribution < 1.29 is 4.92 Å². The lowest BCUT2D eigenvalue weighted by Gasteiger charge is -2.16. The summed E-state index contributed by atoms with van der Waals surface area (Å²) in [4.78, 5) is 14.9. The largest absolute Gasteiger partial charge is 0.317 e. The zero-order valence-corrected chi connectivity index (χ0v) is 11.8.